The van der Waals surface area contributed by atoms with Gasteiger partial charge in [-0.2, -0.15) is 0 Å². The molecule has 0 saturated heterocycles. The Kier molecular flexibility index (Phi) is 8.08. The summed E-state index contributed by atoms with van der Waals surface area (Å²) < 4.78 is 0.621. The number of amides is 1. The quantitative estimate of drug-likeness (QED) is 0.283. The van der Waals surface area contributed by atoms with Gasteiger partial charge in [0.15, 0.2) is 0 Å². The molecule has 0 aliphatic carbocycles. The fraction of sp³-hybridized carbons (Fsp3) is 0.500. The highest BCUT2D eigenvalue weighted by atomic mass is 32.2. The standard InChI is InChI=1S/C18H23N7O3S2/c26-15(7-3-1-2-6-13-21-23-24-22-13)25(11-5-4-8-16(27)28)14-10-9-12-17(20-14)30-18(29)19-12/h9-10H,1-8,11H2,(H,19,29)(H,27,28)(H,21,22,23,24). The van der Waals surface area contributed by atoms with Crippen LogP contribution >= 0.6 is 24.0 Å². The van der Waals surface area contributed by atoms with Crippen LogP contribution in [0.4, 0.5) is 5.82 Å². The van der Waals surface area contributed by atoms with Crippen LogP contribution in [0.15, 0.2) is 16.5 Å². The van der Waals surface area contributed by atoms with E-state index in [0.29, 0.717) is 36.0 Å². The number of carboxylic acid groups (broad SMARTS) is 1. The summed E-state index contributed by atoms with van der Waals surface area (Å²) in [7, 11) is 0. The van der Waals surface area contributed by atoms with Crippen molar-refractivity contribution in [3.8, 4) is 0 Å². The molecule has 3 rings (SSSR count). The number of hydrogen-bond donors (Lipinski definition) is 3. The Hall–Kier alpha value is -2.60. The molecule has 30 heavy (non-hydrogen) atoms. The zero-order valence-electron chi connectivity index (χ0n) is 16.3. The molecule has 0 unspecified atom stereocenters. The lowest BCUT2D eigenvalue weighted by atomic mass is 10.1. The first kappa shape index (κ1) is 22.1. The van der Waals surface area contributed by atoms with Crippen LogP contribution < -0.4 is 4.90 Å². The third-order valence-electron chi connectivity index (χ3n) is 4.52. The van der Waals surface area contributed by atoms with Crippen molar-refractivity contribution in [3.05, 3.63) is 18.0 Å². The Balaban J connectivity index is 1.58. The number of aryl methyl sites for hydroxylation is 1. The summed E-state index contributed by atoms with van der Waals surface area (Å²) in [4.78, 5) is 34.9. The Morgan fingerprint density at radius 2 is 1.93 bits per heavy atom. The number of unbranched alkanes of at least 4 members (excludes halogenated alkanes) is 3. The van der Waals surface area contributed by atoms with Gasteiger partial charge in [-0.25, -0.2) is 15.1 Å². The van der Waals surface area contributed by atoms with E-state index in [2.05, 4.69) is 43.2 Å². The minimum Gasteiger partial charge on any atom is -0.481 e. The number of hydrogen-bond acceptors (Lipinski definition) is 9. The lowest BCUT2D eigenvalue weighted by Crippen LogP contribution is -2.32. The molecular formula is C18H23N7O3S2. The van der Waals surface area contributed by atoms with Gasteiger partial charge in [-0.15, -0.1) is 17.7 Å². The molecule has 0 aliphatic heterocycles. The van der Waals surface area contributed by atoms with Gasteiger partial charge >= 0.3 is 5.97 Å². The molecule has 0 saturated carbocycles. The number of carbonyl (C=O) groups excluding carboxylic acids is 1. The second-order valence-corrected chi connectivity index (χ2v) is 8.50. The van der Waals surface area contributed by atoms with Gasteiger partial charge in [0.1, 0.15) is 26.3 Å². The Bertz CT molecular complexity index is 977. The molecule has 10 nitrogen and oxygen atoms in total. The fourth-order valence-corrected chi connectivity index (χ4v) is 4.07. The first-order valence-electron chi connectivity index (χ1n) is 9.74. The largest absolute Gasteiger partial charge is 0.481 e. The van der Waals surface area contributed by atoms with Crippen molar-refractivity contribution in [2.75, 3.05) is 11.4 Å². The number of nitrogens with zero attached hydrogens (tertiary/aromatic N) is 6. The van der Waals surface area contributed by atoms with Crippen molar-refractivity contribution >= 4 is 52.0 Å². The average Bonchev–Trinajstić information content (AvgIpc) is 3.35. The van der Waals surface area contributed by atoms with Crippen LogP contribution in [0.5, 0.6) is 0 Å². The summed E-state index contributed by atoms with van der Waals surface area (Å²) in [5.41, 5.74) is 0.744. The maximum Gasteiger partial charge on any atom is 0.303 e. The van der Waals surface area contributed by atoms with E-state index in [0.717, 1.165) is 41.9 Å². The van der Waals surface area contributed by atoms with Crippen LogP contribution in [0, 0.1) is 0 Å². The van der Waals surface area contributed by atoms with E-state index in [1.807, 2.05) is 6.07 Å². The highest BCUT2D eigenvalue weighted by Crippen LogP contribution is 2.26. The van der Waals surface area contributed by atoms with Gasteiger partial charge in [-0.05, 0) is 48.2 Å². The van der Waals surface area contributed by atoms with E-state index < -0.39 is 5.97 Å². The number of nitrogens with one attached hydrogen (secondary N) is 1. The summed E-state index contributed by atoms with van der Waals surface area (Å²) in [6, 6.07) is 3.61. The number of thiol groups is 1. The molecule has 0 aromatic carbocycles. The normalized spacial score (nSPS) is 11.1. The number of pyridine rings is 1. The smallest absolute Gasteiger partial charge is 0.303 e. The predicted molar refractivity (Wildman–Crippen MR) is 115 cm³/mol. The van der Waals surface area contributed by atoms with Crippen molar-refractivity contribution in [1.82, 2.24) is 30.6 Å². The SMILES string of the molecule is O=C(O)CCCCN(C(=O)CCCCCc1nnn[nH]1)c1ccc2nc(S)sc2n1. The van der Waals surface area contributed by atoms with Crippen LogP contribution in [0.25, 0.3) is 10.3 Å². The maximum absolute atomic E-state index is 12.9. The average molecular weight is 450 g/mol. The molecule has 3 aromatic rings. The number of rotatable bonds is 12. The number of aromatic nitrogens is 6. The second kappa shape index (κ2) is 11.0. The predicted octanol–water partition coefficient (Wildman–Crippen LogP) is 2.88. The first-order valence-corrected chi connectivity index (χ1v) is 11.0. The summed E-state index contributed by atoms with van der Waals surface area (Å²) in [5, 5.41) is 22.5. The molecule has 0 spiro atoms. The van der Waals surface area contributed by atoms with Gasteiger partial charge in [-0.1, -0.05) is 17.8 Å². The van der Waals surface area contributed by atoms with E-state index in [-0.39, 0.29) is 12.3 Å². The Morgan fingerprint density at radius 3 is 2.70 bits per heavy atom. The van der Waals surface area contributed by atoms with E-state index in [1.165, 1.54) is 11.3 Å². The van der Waals surface area contributed by atoms with Crippen LogP contribution in [0.3, 0.4) is 0 Å². The van der Waals surface area contributed by atoms with E-state index >= 15 is 0 Å². The third-order valence-corrected chi connectivity index (χ3v) is 5.66. The topological polar surface area (TPSA) is 138 Å². The molecule has 3 aromatic heterocycles. The molecular weight excluding hydrogens is 426 g/mol. The summed E-state index contributed by atoms with van der Waals surface area (Å²) in [5.74, 6) is 0.453. The zero-order chi connectivity index (χ0) is 21.3. The highest BCUT2D eigenvalue weighted by Gasteiger charge is 2.18. The summed E-state index contributed by atoms with van der Waals surface area (Å²) >= 11 is 5.62. The van der Waals surface area contributed by atoms with Gasteiger partial charge in [0.25, 0.3) is 0 Å². The van der Waals surface area contributed by atoms with Crippen LogP contribution in [0.1, 0.15) is 50.8 Å². The number of fused-ring (bicyclic) bond motifs is 1. The van der Waals surface area contributed by atoms with Crippen molar-refractivity contribution in [2.24, 2.45) is 0 Å². The van der Waals surface area contributed by atoms with Crippen molar-refractivity contribution < 1.29 is 14.7 Å². The molecule has 0 fully saturated rings. The molecule has 0 radical (unpaired) electrons. The van der Waals surface area contributed by atoms with Gasteiger partial charge in [0, 0.05) is 25.8 Å². The zero-order valence-corrected chi connectivity index (χ0v) is 18.0. The number of anilines is 1. The summed E-state index contributed by atoms with van der Waals surface area (Å²) in [6.07, 6.45) is 4.84. The number of aliphatic carboxylic acids is 1. The molecule has 160 valence electrons. The molecule has 12 heteroatoms. The molecule has 0 bridgehead atoms. The Morgan fingerprint density at radius 1 is 1.10 bits per heavy atom. The number of carboxylic acids is 1. The second-order valence-electron chi connectivity index (χ2n) is 6.79. The lowest BCUT2D eigenvalue weighted by Gasteiger charge is -2.22. The van der Waals surface area contributed by atoms with Crippen LogP contribution in [-0.2, 0) is 16.0 Å². The Labute approximate surface area is 182 Å². The number of H-pyrrole nitrogens is 1. The van der Waals surface area contributed by atoms with Gasteiger partial charge < -0.3 is 5.11 Å². The van der Waals surface area contributed by atoms with Gasteiger partial charge in [0.05, 0.1) is 0 Å². The van der Waals surface area contributed by atoms with Gasteiger partial charge in [0.2, 0.25) is 5.91 Å². The van der Waals surface area contributed by atoms with E-state index in [4.69, 9.17) is 5.11 Å². The van der Waals surface area contributed by atoms with E-state index in [1.54, 1.807) is 11.0 Å². The first-order chi connectivity index (χ1) is 14.5. The van der Waals surface area contributed by atoms with Crippen LogP contribution in [0.2, 0.25) is 0 Å². The van der Waals surface area contributed by atoms with Crippen molar-refractivity contribution in [1.29, 1.82) is 0 Å². The molecule has 3 heterocycles. The maximum atomic E-state index is 12.9. The van der Waals surface area contributed by atoms with Crippen molar-refractivity contribution in [3.63, 3.8) is 0 Å². The molecule has 1 amide bonds. The minimum atomic E-state index is -0.833. The third kappa shape index (κ3) is 6.46. The van der Waals surface area contributed by atoms with Crippen LogP contribution in [-0.4, -0.2) is 54.1 Å². The number of aromatic amines is 1. The van der Waals surface area contributed by atoms with E-state index in [9.17, 15) is 9.59 Å². The lowest BCUT2D eigenvalue weighted by molar-refractivity contribution is -0.137. The molecule has 0 atom stereocenters. The summed E-state index contributed by atoms with van der Waals surface area (Å²) in [6.45, 7) is 0.431. The van der Waals surface area contributed by atoms with Gasteiger partial charge in [-0.3, -0.25) is 14.5 Å². The fourth-order valence-electron chi connectivity index (χ4n) is 3.02. The number of carbonyl (C=O) groups is 2. The van der Waals surface area contributed by atoms with Crippen molar-refractivity contribution in [2.45, 2.75) is 55.7 Å². The highest BCUT2D eigenvalue weighted by molar-refractivity contribution is 7.82. The molecule has 0 aliphatic rings. The number of thiazole rings is 1. The number of tetrazole rings is 1. The monoisotopic (exact) mass is 449 g/mol. The molecule has 2 N–H and O–H groups in total. The minimum absolute atomic E-state index is 0.0193.